The van der Waals surface area contributed by atoms with Gasteiger partial charge in [0.1, 0.15) is 0 Å². The van der Waals surface area contributed by atoms with Crippen molar-refractivity contribution in [1.82, 2.24) is 9.80 Å². The quantitative estimate of drug-likeness (QED) is 0.779. The van der Waals surface area contributed by atoms with Crippen LogP contribution in [0.2, 0.25) is 0 Å². The highest BCUT2D eigenvalue weighted by atomic mass is 16.2. The fourth-order valence-electron chi connectivity index (χ4n) is 4.49. The van der Waals surface area contributed by atoms with E-state index >= 15 is 0 Å². The lowest BCUT2D eigenvalue weighted by Crippen LogP contribution is -2.54. The Kier molecular flexibility index (Phi) is 4.20. The Balaban J connectivity index is 1.58. The number of nitrogens with zero attached hydrogens (tertiary/aromatic N) is 2. The lowest BCUT2D eigenvalue weighted by molar-refractivity contribution is -0.143. The summed E-state index contributed by atoms with van der Waals surface area (Å²) >= 11 is 0. The van der Waals surface area contributed by atoms with E-state index in [0.29, 0.717) is 50.0 Å². The minimum absolute atomic E-state index is 0.111. The Morgan fingerprint density at radius 2 is 1.48 bits per heavy atom. The molecule has 118 valence electrons. The number of rotatable bonds is 1. The van der Waals surface area contributed by atoms with Crippen molar-refractivity contribution in [2.45, 2.75) is 45.1 Å². The van der Waals surface area contributed by atoms with Crippen molar-refractivity contribution in [1.29, 1.82) is 0 Å². The second-order valence-electron chi connectivity index (χ2n) is 7.03. The van der Waals surface area contributed by atoms with Crippen LogP contribution in [0.5, 0.6) is 0 Å². The molecule has 0 aromatic heterocycles. The Labute approximate surface area is 126 Å². The molecule has 0 spiro atoms. The molecule has 2 saturated carbocycles. The van der Waals surface area contributed by atoms with Gasteiger partial charge in [-0.3, -0.25) is 9.59 Å². The van der Waals surface area contributed by atoms with Crippen molar-refractivity contribution in [2.24, 2.45) is 23.5 Å². The molecule has 2 atom stereocenters. The van der Waals surface area contributed by atoms with Crippen molar-refractivity contribution in [3.8, 4) is 0 Å². The van der Waals surface area contributed by atoms with Crippen LogP contribution >= 0.6 is 0 Å². The Hall–Kier alpha value is -1.10. The number of carbonyl (C=O) groups is 2. The number of fused-ring (bicyclic) bond motifs is 2. The predicted octanol–water partition coefficient (Wildman–Crippen LogP) is 0.831. The van der Waals surface area contributed by atoms with E-state index in [1.807, 2.05) is 9.80 Å². The summed E-state index contributed by atoms with van der Waals surface area (Å²) in [5.74, 6) is 1.68. The van der Waals surface area contributed by atoms with Gasteiger partial charge in [0.25, 0.3) is 0 Å². The van der Waals surface area contributed by atoms with Crippen LogP contribution in [0.15, 0.2) is 0 Å². The molecule has 0 aromatic rings. The van der Waals surface area contributed by atoms with Gasteiger partial charge >= 0.3 is 0 Å². The molecule has 1 aliphatic heterocycles. The molecule has 2 N–H and O–H groups in total. The molecular formula is C16H27N3O2. The average molecular weight is 293 g/mol. The van der Waals surface area contributed by atoms with Crippen LogP contribution in [0.3, 0.4) is 0 Å². The van der Waals surface area contributed by atoms with E-state index in [9.17, 15) is 9.59 Å². The van der Waals surface area contributed by atoms with Crippen LogP contribution in [0.25, 0.3) is 0 Å². The van der Waals surface area contributed by atoms with Crippen molar-refractivity contribution in [2.75, 3.05) is 26.2 Å². The largest absolute Gasteiger partial charge is 0.339 e. The molecular weight excluding hydrogens is 266 g/mol. The third-order valence-electron chi connectivity index (χ3n) is 5.80. The molecule has 2 bridgehead atoms. The van der Waals surface area contributed by atoms with Gasteiger partial charge in [0.2, 0.25) is 11.8 Å². The maximum absolute atomic E-state index is 12.7. The summed E-state index contributed by atoms with van der Waals surface area (Å²) in [6.07, 6.45) is 5.62. The molecule has 3 rings (SSSR count). The van der Waals surface area contributed by atoms with Gasteiger partial charge < -0.3 is 15.5 Å². The molecule has 21 heavy (non-hydrogen) atoms. The maximum Gasteiger partial charge on any atom is 0.225 e. The van der Waals surface area contributed by atoms with Crippen LogP contribution in [0.4, 0.5) is 0 Å². The highest BCUT2D eigenvalue weighted by Gasteiger charge is 2.41. The molecule has 3 fully saturated rings. The molecule has 5 heteroatoms. The van der Waals surface area contributed by atoms with Gasteiger partial charge in [0.15, 0.2) is 0 Å². The normalized spacial score (nSPS) is 36.5. The van der Waals surface area contributed by atoms with Gasteiger partial charge in [-0.1, -0.05) is 6.42 Å². The number of amides is 2. The number of carbonyl (C=O) groups excluding carboxylic acids is 2. The second-order valence-corrected chi connectivity index (χ2v) is 7.03. The minimum atomic E-state index is 0.111. The second kappa shape index (κ2) is 5.95. The number of piperazine rings is 1. The van der Waals surface area contributed by atoms with E-state index in [2.05, 4.69) is 0 Å². The van der Waals surface area contributed by atoms with E-state index < -0.39 is 0 Å². The fraction of sp³-hybridized carbons (Fsp3) is 0.875. The first-order valence-corrected chi connectivity index (χ1v) is 8.36. The van der Waals surface area contributed by atoms with Crippen LogP contribution in [0, 0.1) is 17.8 Å². The summed E-state index contributed by atoms with van der Waals surface area (Å²) in [4.78, 5) is 27.9. The number of hydrogen-bond donors (Lipinski definition) is 1. The van der Waals surface area contributed by atoms with E-state index in [0.717, 1.165) is 12.8 Å². The maximum atomic E-state index is 12.7. The summed E-state index contributed by atoms with van der Waals surface area (Å²) in [5, 5.41) is 0. The average Bonchev–Trinajstić information content (AvgIpc) is 2.46. The van der Waals surface area contributed by atoms with Crippen molar-refractivity contribution >= 4 is 11.8 Å². The molecule has 1 saturated heterocycles. The lowest BCUT2D eigenvalue weighted by Gasteiger charge is -2.45. The zero-order chi connectivity index (χ0) is 15.0. The van der Waals surface area contributed by atoms with Crippen LogP contribution in [-0.2, 0) is 9.59 Å². The van der Waals surface area contributed by atoms with Gasteiger partial charge in [-0.15, -0.1) is 0 Å². The molecule has 0 aromatic carbocycles. The molecule has 1 heterocycles. The monoisotopic (exact) mass is 293 g/mol. The Bertz CT molecular complexity index is 404. The zero-order valence-corrected chi connectivity index (χ0v) is 13.0. The van der Waals surface area contributed by atoms with Gasteiger partial charge in [0, 0.05) is 45.1 Å². The third kappa shape index (κ3) is 2.93. The van der Waals surface area contributed by atoms with Gasteiger partial charge in [0.05, 0.1) is 0 Å². The zero-order valence-electron chi connectivity index (χ0n) is 13.0. The van der Waals surface area contributed by atoms with Gasteiger partial charge in [-0.2, -0.15) is 0 Å². The first-order chi connectivity index (χ1) is 10.1. The smallest absolute Gasteiger partial charge is 0.225 e. The van der Waals surface area contributed by atoms with Gasteiger partial charge in [-0.05, 0) is 37.5 Å². The van der Waals surface area contributed by atoms with Crippen LogP contribution < -0.4 is 5.73 Å². The predicted molar refractivity (Wildman–Crippen MR) is 80.4 cm³/mol. The van der Waals surface area contributed by atoms with Gasteiger partial charge in [-0.25, -0.2) is 0 Å². The first kappa shape index (κ1) is 14.8. The van der Waals surface area contributed by atoms with E-state index in [-0.39, 0.29) is 11.8 Å². The Morgan fingerprint density at radius 1 is 0.952 bits per heavy atom. The first-order valence-electron chi connectivity index (χ1n) is 8.36. The molecule has 5 nitrogen and oxygen atoms in total. The highest BCUT2D eigenvalue weighted by Crippen LogP contribution is 2.42. The standard InChI is InChI=1S/C16H27N3O2/c1-11(20)18-5-7-19(8-6-18)16(21)14-9-12-3-2-4-13(10-14)15(12)17/h12-15H,2-10,17H2,1H3. The topological polar surface area (TPSA) is 66.6 Å². The van der Waals surface area contributed by atoms with E-state index in [1.54, 1.807) is 6.92 Å². The van der Waals surface area contributed by atoms with Crippen molar-refractivity contribution < 1.29 is 9.59 Å². The number of nitrogens with two attached hydrogens (primary N) is 1. The molecule has 2 amide bonds. The molecule has 2 unspecified atom stereocenters. The highest BCUT2D eigenvalue weighted by molar-refractivity contribution is 5.80. The number of hydrogen-bond acceptors (Lipinski definition) is 3. The Morgan fingerprint density at radius 3 is 2.00 bits per heavy atom. The molecule has 3 aliphatic rings. The fourth-order valence-corrected chi connectivity index (χ4v) is 4.49. The summed E-state index contributed by atoms with van der Waals surface area (Å²) in [7, 11) is 0. The van der Waals surface area contributed by atoms with Crippen molar-refractivity contribution in [3.05, 3.63) is 0 Å². The summed E-state index contributed by atoms with van der Waals surface area (Å²) < 4.78 is 0. The SMILES string of the molecule is CC(=O)N1CCN(C(=O)C2CC3CCCC(C2)C3N)CC1. The lowest BCUT2D eigenvalue weighted by atomic mass is 9.65. The van der Waals surface area contributed by atoms with E-state index in [1.165, 1.54) is 19.3 Å². The minimum Gasteiger partial charge on any atom is -0.339 e. The summed E-state index contributed by atoms with van der Waals surface area (Å²) in [6.45, 7) is 4.34. The molecule has 0 radical (unpaired) electrons. The summed E-state index contributed by atoms with van der Waals surface area (Å²) in [6, 6.07) is 0.317. The van der Waals surface area contributed by atoms with Crippen LogP contribution in [-0.4, -0.2) is 53.8 Å². The van der Waals surface area contributed by atoms with Crippen molar-refractivity contribution in [3.63, 3.8) is 0 Å². The summed E-state index contributed by atoms with van der Waals surface area (Å²) in [5.41, 5.74) is 6.31. The third-order valence-corrected chi connectivity index (χ3v) is 5.80. The van der Waals surface area contributed by atoms with Crippen LogP contribution in [0.1, 0.15) is 39.0 Å². The van der Waals surface area contributed by atoms with E-state index in [4.69, 9.17) is 5.73 Å². The molecule has 2 aliphatic carbocycles.